The molecule has 3 unspecified atom stereocenters. The van der Waals surface area contributed by atoms with Crippen molar-refractivity contribution in [3.8, 4) is 17.2 Å². The molecule has 4 aromatic rings. The monoisotopic (exact) mass is 594 g/mol. The number of piperidine rings is 1. The van der Waals surface area contributed by atoms with Crippen LogP contribution >= 0.6 is 22.9 Å². The van der Waals surface area contributed by atoms with Gasteiger partial charge >= 0.3 is 6.09 Å². The Morgan fingerprint density at radius 3 is 2.83 bits per heavy atom. The van der Waals surface area contributed by atoms with Gasteiger partial charge in [-0.25, -0.2) is 23.5 Å². The molecule has 0 bridgehead atoms. The first-order valence-electron chi connectivity index (χ1n) is 13.3. The number of carbonyl (C=O) groups is 1. The number of fused-ring (bicyclic) bond motifs is 2. The van der Waals surface area contributed by atoms with E-state index in [1.165, 1.54) is 24.9 Å². The summed E-state index contributed by atoms with van der Waals surface area (Å²) in [6, 6.07) is 6.92. The molecule has 2 aliphatic heterocycles. The summed E-state index contributed by atoms with van der Waals surface area (Å²) in [5.41, 5.74) is -0.224. The third-order valence-electron chi connectivity index (χ3n) is 8.51. The van der Waals surface area contributed by atoms with Gasteiger partial charge in [0.1, 0.15) is 40.2 Å². The number of benzene rings is 2. The zero-order valence-corrected chi connectivity index (χ0v) is 24.0. The second-order valence-corrected chi connectivity index (χ2v) is 13.3. The maximum absolute atomic E-state index is 16.4. The van der Waals surface area contributed by atoms with E-state index in [4.69, 9.17) is 16.3 Å². The Bertz CT molecular complexity index is 1830. The third-order valence-corrected chi connectivity index (χ3v) is 9.92. The highest BCUT2D eigenvalue weighted by atomic mass is 35.5. The number of hydrogen-bond donors (Lipinski definition) is 2. The fourth-order valence-electron chi connectivity index (χ4n) is 6.76. The van der Waals surface area contributed by atoms with Gasteiger partial charge in [-0.15, -0.1) is 11.3 Å². The maximum Gasteiger partial charge on any atom is 0.412 e. The molecule has 7 rings (SSSR count). The van der Waals surface area contributed by atoms with Crippen LogP contribution in [0.1, 0.15) is 39.2 Å². The molecule has 210 valence electrons. The number of rotatable bonds is 3. The molecule has 2 saturated heterocycles. The molecule has 1 aliphatic carbocycles. The largest absolute Gasteiger partial charge is 0.444 e. The average molecular weight is 595 g/mol. The minimum Gasteiger partial charge on any atom is -0.444 e. The highest BCUT2D eigenvalue weighted by molar-refractivity contribution is 7.23. The van der Waals surface area contributed by atoms with Crippen LogP contribution < -0.4 is 15.5 Å². The quantitative estimate of drug-likeness (QED) is 0.275. The van der Waals surface area contributed by atoms with Gasteiger partial charge < -0.3 is 15.0 Å². The number of nitrogens with one attached hydrogen (secondary N) is 2. The van der Waals surface area contributed by atoms with Crippen LogP contribution in [0.15, 0.2) is 24.5 Å². The van der Waals surface area contributed by atoms with Crippen LogP contribution in [0.2, 0.25) is 5.02 Å². The Morgan fingerprint density at radius 2 is 2.12 bits per heavy atom. The predicted octanol–water partition coefficient (Wildman–Crippen LogP) is 6.60. The van der Waals surface area contributed by atoms with Crippen molar-refractivity contribution >= 4 is 60.8 Å². The van der Waals surface area contributed by atoms with E-state index in [0.717, 1.165) is 30.8 Å². The molecule has 3 aliphatic rings. The van der Waals surface area contributed by atoms with Crippen LogP contribution in [-0.2, 0) is 4.74 Å². The summed E-state index contributed by atoms with van der Waals surface area (Å²) in [5, 5.41) is 16.9. The van der Waals surface area contributed by atoms with Crippen molar-refractivity contribution in [3.05, 3.63) is 46.7 Å². The summed E-state index contributed by atoms with van der Waals surface area (Å²) in [4.78, 5) is 23.6. The minimum absolute atomic E-state index is 0.00364. The molecule has 2 aromatic carbocycles. The Morgan fingerprint density at radius 1 is 1.32 bits per heavy atom. The summed E-state index contributed by atoms with van der Waals surface area (Å²) < 4.78 is 36.9. The lowest BCUT2D eigenvalue weighted by Gasteiger charge is -2.68. The van der Waals surface area contributed by atoms with Crippen molar-refractivity contribution in [2.45, 2.75) is 51.3 Å². The van der Waals surface area contributed by atoms with Crippen molar-refractivity contribution in [3.63, 3.8) is 0 Å². The molecule has 1 amide bonds. The first kappa shape index (κ1) is 26.3. The van der Waals surface area contributed by atoms with Crippen LogP contribution in [0.3, 0.4) is 0 Å². The Hall–Kier alpha value is -3.59. The lowest BCUT2D eigenvalue weighted by Crippen LogP contribution is -2.77. The van der Waals surface area contributed by atoms with Gasteiger partial charge in [-0.2, -0.15) is 5.26 Å². The summed E-state index contributed by atoms with van der Waals surface area (Å²) in [6.07, 6.45) is 2.79. The van der Waals surface area contributed by atoms with Gasteiger partial charge in [-0.05, 0) is 51.3 Å². The van der Waals surface area contributed by atoms with E-state index in [1.54, 1.807) is 26.8 Å². The molecule has 2 aromatic heterocycles. The van der Waals surface area contributed by atoms with Gasteiger partial charge in [0.05, 0.1) is 21.3 Å². The SMILES string of the molecule is CC(C)(C)OC(=O)Nc1sc2c(F)ccc(-c3c(Cl)cc4c(N5C6CCC67CNCC57)ncnc4c3F)c2c1C#N. The van der Waals surface area contributed by atoms with E-state index in [9.17, 15) is 10.1 Å². The standard InChI is InChI=1S/C29H25ClF2N6O2S/c1-28(2,3)40-27(39)37-26-15(9-33)20-13(4-5-17(31)24(20)41-26)21-16(30)8-14-23(22(21)32)35-12-36-25(14)38-18-6-7-29(18)11-34-10-19(29)38/h4-5,8,12,18-19,34H,6-7,10-11H2,1-3H3,(H,37,39). The topological polar surface area (TPSA) is 103 Å². The molecular weight excluding hydrogens is 570 g/mol. The number of nitriles is 1. The number of ether oxygens (including phenoxy) is 1. The van der Waals surface area contributed by atoms with Crippen molar-refractivity contribution in [1.29, 1.82) is 5.26 Å². The van der Waals surface area contributed by atoms with E-state index in [0.29, 0.717) is 17.2 Å². The molecule has 4 heterocycles. The van der Waals surface area contributed by atoms with Crippen LogP contribution in [0, 0.1) is 28.4 Å². The normalized spacial score (nSPS) is 23.0. The second-order valence-electron chi connectivity index (χ2n) is 11.8. The first-order valence-corrected chi connectivity index (χ1v) is 14.5. The summed E-state index contributed by atoms with van der Waals surface area (Å²) in [6.45, 7) is 6.94. The highest BCUT2D eigenvalue weighted by Crippen LogP contribution is 2.61. The molecular formula is C29H25ClF2N6O2S. The number of anilines is 2. The minimum atomic E-state index is -0.791. The summed E-state index contributed by atoms with van der Waals surface area (Å²) in [5.74, 6) is -0.653. The van der Waals surface area contributed by atoms with E-state index in [2.05, 4.69) is 25.5 Å². The Balaban J connectivity index is 1.37. The predicted molar refractivity (Wildman–Crippen MR) is 154 cm³/mol. The molecule has 1 spiro atoms. The highest BCUT2D eigenvalue weighted by Gasteiger charge is 2.68. The zero-order chi connectivity index (χ0) is 28.8. The van der Waals surface area contributed by atoms with Gasteiger partial charge in [0, 0.05) is 40.9 Å². The van der Waals surface area contributed by atoms with Gasteiger partial charge in [-0.3, -0.25) is 5.32 Å². The van der Waals surface area contributed by atoms with Crippen molar-refractivity contribution < 1.29 is 18.3 Å². The lowest BCUT2D eigenvalue weighted by atomic mass is 9.53. The average Bonchev–Trinajstić information content (AvgIpc) is 3.48. The van der Waals surface area contributed by atoms with Crippen molar-refractivity contribution in [2.75, 3.05) is 23.3 Å². The van der Waals surface area contributed by atoms with Crippen molar-refractivity contribution in [2.24, 2.45) is 5.41 Å². The van der Waals surface area contributed by atoms with Crippen LogP contribution in [0.4, 0.5) is 24.4 Å². The van der Waals surface area contributed by atoms with Gasteiger partial charge in [0.25, 0.3) is 0 Å². The number of halogens is 3. The number of carbonyl (C=O) groups excluding carboxylic acids is 1. The second kappa shape index (κ2) is 8.95. The third kappa shape index (κ3) is 3.74. The molecule has 3 atom stereocenters. The fourth-order valence-corrected chi connectivity index (χ4v) is 8.13. The van der Waals surface area contributed by atoms with Gasteiger partial charge in [-0.1, -0.05) is 17.7 Å². The number of amides is 1. The van der Waals surface area contributed by atoms with Crippen molar-refractivity contribution in [1.82, 2.24) is 15.3 Å². The first-order chi connectivity index (χ1) is 19.5. The summed E-state index contributed by atoms with van der Waals surface area (Å²) >= 11 is 7.65. The molecule has 0 radical (unpaired) electrons. The number of aromatic nitrogens is 2. The van der Waals surface area contributed by atoms with E-state index >= 15 is 8.78 Å². The van der Waals surface area contributed by atoms with Crippen LogP contribution in [-0.4, -0.2) is 46.8 Å². The summed E-state index contributed by atoms with van der Waals surface area (Å²) in [7, 11) is 0. The molecule has 2 N–H and O–H groups in total. The van der Waals surface area contributed by atoms with E-state index < -0.39 is 23.3 Å². The molecule has 3 fully saturated rings. The molecule has 1 saturated carbocycles. The van der Waals surface area contributed by atoms with E-state index in [-0.39, 0.29) is 53.8 Å². The molecule has 12 heteroatoms. The number of thiophene rings is 1. The van der Waals surface area contributed by atoms with Crippen LogP contribution in [0.25, 0.3) is 32.1 Å². The lowest BCUT2D eigenvalue weighted by molar-refractivity contribution is -0.000285. The fraction of sp³-hybridized carbons (Fsp3) is 0.379. The Kier molecular flexibility index (Phi) is 5.75. The van der Waals surface area contributed by atoms with Gasteiger partial charge in [0.15, 0.2) is 5.82 Å². The number of hydrogen-bond acceptors (Lipinski definition) is 8. The maximum atomic E-state index is 16.4. The van der Waals surface area contributed by atoms with Gasteiger partial charge in [0.2, 0.25) is 0 Å². The molecule has 41 heavy (non-hydrogen) atoms. The number of nitrogens with zero attached hydrogens (tertiary/aromatic N) is 4. The molecule has 8 nitrogen and oxygen atoms in total. The van der Waals surface area contributed by atoms with E-state index in [1.807, 2.05) is 6.07 Å². The zero-order valence-electron chi connectivity index (χ0n) is 22.4. The smallest absolute Gasteiger partial charge is 0.412 e. The Labute approximate surface area is 243 Å². The van der Waals surface area contributed by atoms with Crippen LogP contribution in [0.5, 0.6) is 0 Å².